The normalized spacial score (nSPS) is 19.8. The van der Waals surface area contributed by atoms with Gasteiger partial charge in [0.15, 0.2) is 0 Å². The second kappa shape index (κ2) is 5.62. The molecule has 0 N–H and O–H groups in total. The number of hydrogen-bond acceptors (Lipinski definition) is 6. The number of aromatic nitrogens is 4. The molecule has 2 fully saturated rings. The fourth-order valence-corrected chi connectivity index (χ4v) is 3.98. The van der Waals surface area contributed by atoms with Crippen LogP contribution in [0.5, 0.6) is 0 Å². The summed E-state index contributed by atoms with van der Waals surface area (Å²) in [5, 5.41) is 5.54. The number of nitrogens with zero attached hydrogens (tertiary/aromatic N) is 6. The molecule has 3 heterocycles. The van der Waals surface area contributed by atoms with E-state index in [1.165, 1.54) is 35.6 Å². The van der Waals surface area contributed by atoms with Gasteiger partial charge >= 0.3 is 0 Å². The average molecular weight is 318 g/mol. The lowest BCUT2D eigenvalue weighted by atomic mass is 10.1. The Bertz CT molecular complexity index is 651. The van der Waals surface area contributed by atoms with E-state index in [0.717, 1.165) is 49.6 Å². The van der Waals surface area contributed by atoms with Crippen LogP contribution >= 0.6 is 11.5 Å². The van der Waals surface area contributed by atoms with E-state index >= 15 is 0 Å². The third-order valence-corrected chi connectivity index (χ3v) is 5.45. The number of hydrogen-bond donors (Lipinski definition) is 0. The molecule has 2 aromatic heterocycles. The van der Waals surface area contributed by atoms with Crippen LogP contribution in [0.4, 0.5) is 5.13 Å². The number of aryl methyl sites for hydroxylation is 2. The molecule has 1 aliphatic carbocycles. The molecular weight excluding hydrogens is 296 g/mol. The van der Waals surface area contributed by atoms with Crippen LogP contribution in [0.15, 0.2) is 6.20 Å². The molecule has 7 heteroatoms. The third-order valence-electron chi connectivity index (χ3n) is 4.58. The molecule has 0 spiro atoms. The highest BCUT2D eigenvalue weighted by atomic mass is 32.1. The van der Waals surface area contributed by atoms with Crippen LogP contribution in [-0.2, 0) is 13.6 Å². The van der Waals surface area contributed by atoms with Crippen molar-refractivity contribution in [2.75, 3.05) is 31.1 Å². The second-order valence-corrected chi connectivity index (χ2v) is 7.07. The molecule has 0 amide bonds. The Morgan fingerprint density at radius 3 is 2.64 bits per heavy atom. The molecule has 4 rings (SSSR count). The van der Waals surface area contributed by atoms with Crippen molar-refractivity contribution in [3.8, 4) is 0 Å². The van der Waals surface area contributed by atoms with Gasteiger partial charge in [0.05, 0.1) is 6.20 Å². The summed E-state index contributed by atoms with van der Waals surface area (Å²) in [6.45, 7) is 7.22. The lowest BCUT2D eigenvalue weighted by Crippen LogP contribution is -2.46. The molecule has 22 heavy (non-hydrogen) atoms. The summed E-state index contributed by atoms with van der Waals surface area (Å²) in [5.41, 5.74) is 2.88. The van der Waals surface area contributed by atoms with Gasteiger partial charge in [0.25, 0.3) is 0 Å². The Morgan fingerprint density at radius 2 is 2.00 bits per heavy atom. The first kappa shape index (κ1) is 14.1. The molecule has 1 aliphatic heterocycles. The van der Waals surface area contributed by atoms with Crippen molar-refractivity contribution in [1.82, 2.24) is 24.0 Å². The monoisotopic (exact) mass is 318 g/mol. The van der Waals surface area contributed by atoms with E-state index in [0.29, 0.717) is 0 Å². The summed E-state index contributed by atoms with van der Waals surface area (Å²) in [6.07, 6.45) is 4.72. The van der Waals surface area contributed by atoms with Crippen LogP contribution in [0.2, 0.25) is 0 Å². The van der Waals surface area contributed by atoms with E-state index in [4.69, 9.17) is 0 Å². The van der Waals surface area contributed by atoms with E-state index in [1.54, 1.807) is 0 Å². The molecule has 1 saturated carbocycles. The van der Waals surface area contributed by atoms with Gasteiger partial charge in [0, 0.05) is 68.5 Å². The summed E-state index contributed by atoms with van der Waals surface area (Å²) in [5.74, 6) is 1.64. The van der Waals surface area contributed by atoms with E-state index in [2.05, 4.69) is 42.2 Å². The average Bonchev–Trinajstić information content (AvgIpc) is 3.16. The first-order valence-electron chi connectivity index (χ1n) is 7.99. The summed E-state index contributed by atoms with van der Waals surface area (Å²) in [4.78, 5) is 9.38. The number of anilines is 1. The summed E-state index contributed by atoms with van der Waals surface area (Å²) in [6, 6.07) is 0. The molecule has 2 aliphatic rings. The molecule has 0 atom stereocenters. The van der Waals surface area contributed by atoms with Gasteiger partial charge in [0.1, 0.15) is 5.82 Å². The molecule has 2 aromatic rings. The zero-order valence-electron chi connectivity index (χ0n) is 13.2. The minimum atomic E-state index is 0.758. The SMILES string of the molecule is Cc1nsc(N2CCN(Cc3cnn(C)c3C3CC3)CC2)n1. The molecular formula is C15H22N6S. The minimum absolute atomic E-state index is 0.758. The molecule has 1 saturated heterocycles. The Balaban J connectivity index is 1.38. The van der Waals surface area contributed by atoms with Crippen LogP contribution in [0.3, 0.4) is 0 Å². The molecule has 0 aromatic carbocycles. The largest absolute Gasteiger partial charge is 0.344 e. The summed E-state index contributed by atoms with van der Waals surface area (Å²) >= 11 is 1.51. The zero-order valence-corrected chi connectivity index (χ0v) is 14.0. The van der Waals surface area contributed by atoms with E-state index in [-0.39, 0.29) is 0 Å². The summed E-state index contributed by atoms with van der Waals surface area (Å²) in [7, 11) is 2.08. The second-order valence-electron chi connectivity index (χ2n) is 6.34. The molecule has 0 radical (unpaired) electrons. The van der Waals surface area contributed by atoms with E-state index in [1.807, 2.05) is 6.92 Å². The van der Waals surface area contributed by atoms with Crippen molar-refractivity contribution in [3.05, 3.63) is 23.3 Å². The number of rotatable bonds is 4. The van der Waals surface area contributed by atoms with Crippen LogP contribution in [-0.4, -0.2) is 50.2 Å². The molecule has 0 bridgehead atoms. The first-order valence-corrected chi connectivity index (χ1v) is 8.76. The van der Waals surface area contributed by atoms with E-state index < -0.39 is 0 Å². The van der Waals surface area contributed by atoms with Gasteiger partial charge < -0.3 is 4.90 Å². The maximum atomic E-state index is 4.49. The van der Waals surface area contributed by atoms with Crippen molar-refractivity contribution in [1.29, 1.82) is 0 Å². The van der Waals surface area contributed by atoms with Crippen molar-refractivity contribution in [3.63, 3.8) is 0 Å². The maximum absolute atomic E-state index is 4.49. The van der Waals surface area contributed by atoms with Gasteiger partial charge in [-0.25, -0.2) is 4.98 Å². The van der Waals surface area contributed by atoms with Crippen LogP contribution in [0, 0.1) is 6.92 Å². The van der Waals surface area contributed by atoms with Crippen molar-refractivity contribution < 1.29 is 0 Å². The van der Waals surface area contributed by atoms with Gasteiger partial charge in [-0.05, 0) is 19.8 Å². The van der Waals surface area contributed by atoms with Crippen molar-refractivity contribution >= 4 is 16.7 Å². The van der Waals surface area contributed by atoms with Gasteiger partial charge in [0.2, 0.25) is 5.13 Å². The molecule has 0 unspecified atom stereocenters. The number of piperazine rings is 1. The topological polar surface area (TPSA) is 50.1 Å². The fraction of sp³-hybridized carbons (Fsp3) is 0.667. The van der Waals surface area contributed by atoms with Crippen molar-refractivity contribution in [2.24, 2.45) is 7.05 Å². The lowest BCUT2D eigenvalue weighted by Gasteiger charge is -2.34. The smallest absolute Gasteiger partial charge is 0.205 e. The quantitative estimate of drug-likeness (QED) is 0.860. The first-order chi connectivity index (χ1) is 10.7. The predicted molar refractivity (Wildman–Crippen MR) is 87.3 cm³/mol. The molecule has 118 valence electrons. The standard InChI is InChI=1S/C15H22N6S/c1-11-17-15(22-18-11)21-7-5-20(6-8-21)10-13-9-16-19(2)14(13)12-3-4-12/h9,12H,3-8,10H2,1-2H3. The Hall–Kier alpha value is -1.47. The summed E-state index contributed by atoms with van der Waals surface area (Å²) < 4.78 is 6.36. The highest BCUT2D eigenvalue weighted by Crippen LogP contribution is 2.41. The Morgan fingerprint density at radius 1 is 1.23 bits per heavy atom. The van der Waals surface area contributed by atoms with Gasteiger partial charge in [-0.15, -0.1) is 0 Å². The van der Waals surface area contributed by atoms with Gasteiger partial charge in [-0.3, -0.25) is 9.58 Å². The van der Waals surface area contributed by atoms with Crippen LogP contribution in [0.25, 0.3) is 0 Å². The highest BCUT2D eigenvalue weighted by molar-refractivity contribution is 7.09. The third kappa shape index (κ3) is 2.75. The maximum Gasteiger partial charge on any atom is 0.205 e. The van der Waals surface area contributed by atoms with E-state index in [9.17, 15) is 0 Å². The molecule has 6 nitrogen and oxygen atoms in total. The van der Waals surface area contributed by atoms with Crippen LogP contribution < -0.4 is 4.90 Å². The lowest BCUT2D eigenvalue weighted by molar-refractivity contribution is 0.249. The fourth-order valence-electron chi connectivity index (χ4n) is 3.25. The van der Waals surface area contributed by atoms with Gasteiger partial charge in [-0.2, -0.15) is 9.47 Å². The van der Waals surface area contributed by atoms with Gasteiger partial charge in [-0.1, -0.05) is 0 Å². The zero-order chi connectivity index (χ0) is 15.1. The highest BCUT2D eigenvalue weighted by Gasteiger charge is 2.30. The van der Waals surface area contributed by atoms with Crippen molar-refractivity contribution in [2.45, 2.75) is 32.2 Å². The van der Waals surface area contributed by atoms with Crippen LogP contribution in [0.1, 0.15) is 35.8 Å². The predicted octanol–water partition coefficient (Wildman–Crippen LogP) is 1.78. The Kier molecular flexibility index (Phi) is 3.62. The Labute approximate surface area is 134 Å². The minimum Gasteiger partial charge on any atom is -0.344 e.